The maximum atomic E-state index is 11.8. The highest BCUT2D eigenvalue weighted by molar-refractivity contribution is 5.31. The summed E-state index contributed by atoms with van der Waals surface area (Å²) in [5.74, 6) is 1.83. The van der Waals surface area contributed by atoms with E-state index in [-0.39, 0.29) is 0 Å². The fourth-order valence-electron chi connectivity index (χ4n) is 4.04. The smallest absolute Gasteiger partial charge is 0.0991 e. The third-order valence-electron chi connectivity index (χ3n) is 5.71. The summed E-state index contributed by atoms with van der Waals surface area (Å²) in [5.41, 5.74) is 2.12. The Bertz CT molecular complexity index is 532. The maximum absolute atomic E-state index is 11.8. The molecule has 1 aliphatic rings. The number of benzene rings is 1. The van der Waals surface area contributed by atoms with Crippen molar-refractivity contribution in [3.8, 4) is 6.07 Å². The lowest BCUT2D eigenvalue weighted by Gasteiger charge is -2.28. The van der Waals surface area contributed by atoms with E-state index in [4.69, 9.17) is 5.26 Å². The summed E-state index contributed by atoms with van der Waals surface area (Å²) in [6.45, 7) is 0. The van der Waals surface area contributed by atoms with Gasteiger partial charge in [0.05, 0.1) is 18.0 Å². The number of hydrogen-bond donors (Lipinski definition) is 0. The molecule has 0 heterocycles. The molecule has 0 radical (unpaired) electrons. The van der Waals surface area contributed by atoms with Gasteiger partial charge < -0.3 is 0 Å². The minimum atomic E-state index is 0.666. The molecule has 0 N–H and O–H groups in total. The van der Waals surface area contributed by atoms with Crippen molar-refractivity contribution in [2.24, 2.45) is 11.8 Å². The van der Waals surface area contributed by atoms with Gasteiger partial charge in [-0.2, -0.15) is 5.26 Å². The average Bonchev–Trinajstić information content (AvgIpc) is 2.67. The number of rotatable bonds is 10. The Kier molecular flexibility index (Phi) is 9.34. The highest BCUT2D eigenvalue weighted by atomic mass is 19.1. The summed E-state index contributed by atoms with van der Waals surface area (Å²) in [6.07, 6.45) is 17.6. The molecule has 0 amide bonds. The molecule has 1 aliphatic carbocycles. The van der Waals surface area contributed by atoms with Crippen LogP contribution in [0.3, 0.4) is 0 Å². The molecule has 0 unspecified atom stereocenters. The summed E-state index contributed by atoms with van der Waals surface area (Å²) in [6, 6.07) is 10.3. The third kappa shape index (κ3) is 7.86. The van der Waals surface area contributed by atoms with Crippen molar-refractivity contribution in [2.75, 3.05) is 0 Å². The second kappa shape index (κ2) is 11.9. The van der Waals surface area contributed by atoms with Crippen LogP contribution in [0.25, 0.3) is 0 Å². The number of aryl methyl sites for hydroxylation is 1. The van der Waals surface area contributed by atoms with E-state index >= 15 is 0 Å². The molecule has 0 saturated heterocycles. The molecule has 0 bridgehead atoms. The topological polar surface area (TPSA) is 23.8 Å². The van der Waals surface area contributed by atoms with Crippen molar-refractivity contribution in [2.45, 2.75) is 77.0 Å². The number of hydrogen-bond acceptors (Lipinski definition) is 1. The minimum Gasteiger partial charge on any atom is -0.216 e. The van der Waals surface area contributed by atoms with E-state index in [1.165, 1.54) is 63.4 Å². The van der Waals surface area contributed by atoms with E-state index in [9.17, 15) is 4.39 Å². The summed E-state index contributed by atoms with van der Waals surface area (Å²) in [5, 5.41) is 8.85. The Hall–Kier alpha value is -1.62. The van der Waals surface area contributed by atoms with Gasteiger partial charge in [-0.05, 0) is 55.2 Å². The summed E-state index contributed by atoms with van der Waals surface area (Å²) < 4.78 is 11.8. The predicted octanol–water partition coefficient (Wildman–Crippen LogP) is 7.12. The highest BCUT2D eigenvalue weighted by Crippen LogP contribution is 2.34. The van der Waals surface area contributed by atoms with Crippen molar-refractivity contribution >= 4 is 0 Å². The van der Waals surface area contributed by atoms with E-state index in [0.717, 1.165) is 36.7 Å². The summed E-state index contributed by atoms with van der Waals surface area (Å²) >= 11 is 0. The van der Waals surface area contributed by atoms with Gasteiger partial charge in [-0.1, -0.05) is 69.6 Å². The zero-order valence-electron chi connectivity index (χ0n) is 15.4. The molecule has 0 atom stereocenters. The SMILES string of the molecule is N#Cc1ccc(CC[C@H]2CC[C@H](CCCCCCC=CF)CC2)cc1. The first-order chi connectivity index (χ1) is 12.3. The Labute approximate surface area is 152 Å². The van der Waals surface area contributed by atoms with Crippen molar-refractivity contribution < 1.29 is 4.39 Å². The second-order valence-electron chi connectivity index (χ2n) is 7.59. The Balaban J connectivity index is 1.53. The average molecular weight is 342 g/mol. The first-order valence-corrected chi connectivity index (χ1v) is 10.1. The monoisotopic (exact) mass is 341 g/mol. The molecule has 1 nitrogen and oxygen atoms in total. The minimum absolute atomic E-state index is 0.666. The summed E-state index contributed by atoms with van der Waals surface area (Å²) in [7, 11) is 0. The molecule has 0 aliphatic heterocycles. The number of nitrogens with zero attached hydrogens (tertiary/aromatic N) is 1. The van der Waals surface area contributed by atoms with Crippen molar-refractivity contribution in [3.63, 3.8) is 0 Å². The highest BCUT2D eigenvalue weighted by Gasteiger charge is 2.20. The molecule has 2 rings (SSSR count). The van der Waals surface area contributed by atoms with Crippen LogP contribution in [0, 0.1) is 23.2 Å². The van der Waals surface area contributed by atoms with E-state index in [1.807, 2.05) is 12.1 Å². The van der Waals surface area contributed by atoms with Gasteiger partial charge in [0.2, 0.25) is 0 Å². The number of unbranched alkanes of at least 4 members (excludes halogenated alkanes) is 4. The first-order valence-electron chi connectivity index (χ1n) is 10.1. The van der Waals surface area contributed by atoms with Crippen LogP contribution in [0.5, 0.6) is 0 Å². The van der Waals surface area contributed by atoms with E-state index in [0.29, 0.717) is 6.33 Å². The molecule has 25 heavy (non-hydrogen) atoms. The Morgan fingerprint density at radius 2 is 1.56 bits per heavy atom. The fraction of sp³-hybridized carbons (Fsp3) is 0.609. The van der Waals surface area contributed by atoms with Crippen LogP contribution in [0.1, 0.15) is 81.8 Å². The maximum Gasteiger partial charge on any atom is 0.0991 e. The zero-order valence-corrected chi connectivity index (χ0v) is 15.4. The number of allylic oxidation sites excluding steroid dienone is 1. The van der Waals surface area contributed by atoms with Crippen molar-refractivity contribution in [1.29, 1.82) is 5.26 Å². The van der Waals surface area contributed by atoms with Crippen LogP contribution in [0.15, 0.2) is 36.7 Å². The van der Waals surface area contributed by atoms with Gasteiger partial charge in [-0.3, -0.25) is 0 Å². The number of halogens is 1. The molecule has 1 aromatic carbocycles. The molecular weight excluding hydrogens is 309 g/mol. The lowest BCUT2D eigenvalue weighted by molar-refractivity contribution is 0.249. The van der Waals surface area contributed by atoms with Gasteiger partial charge in [0.25, 0.3) is 0 Å². The van der Waals surface area contributed by atoms with Crippen LogP contribution < -0.4 is 0 Å². The van der Waals surface area contributed by atoms with Gasteiger partial charge in [0, 0.05) is 0 Å². The molecule has 1 aromatic rings. The third-order valence-corrected chi connectivity index (χ3v) is 5.71. The summed E-state index contributed by atoms with van der Waals surface area (Å²) in [4.78, 5) is 0. The normalized spacial score (nSPS) is 20.6. The predicted molar refractivity (Wildman–Crippen MR) is 103 cm³/mol. The standard InChI is InChI=1S/C23H32FN/c24-18-6-4-2-1-3-5-7-20-8-10-21(11-9-20)12-13-22-14-16-23(19-25)17-15-22/h6,14-18,20-21H,1-5,7-13H2/t20-,21-. The molecule has 0 aromatic heterocycles. The van der Waals surface area contributed by atoms with Crippen LogP contribution >= 0.6 is 0 Å². The number of nitriles is 1. The van der Waals surface area contributed by atoms with Crippen LogP contribution in [0.4, 0.5) is 4.39 Å². The van der Waals surface area contributed by atoms with E-state index in [1.54, 1.807) is 6.08 Å². The van der Waals surface area contributed by atoms with Crippen LogP contribution in [0.2, 0.25) is 0 Å². The van der Waals surface area contributed by atoms with Gasteiger partial charge >= 0.3 is 0 Å². The first kappa shape index (κ1) is 19.7. The fourth-order valence-corrected chi connectivity index (χ4v) is 4.04. The quantitative estimate of drug-likeness (QED) is 0.415. The van der Waals surface area contributed by atoms with Crippen LogP contribution in [-0.4, -0.2) is 0 Å². The Morgan fingerprint density at radius 1 is 0.920 bits per heavy atom. The van der Waals surface area contributed by atoms with Crippen molar-refractivity contribution in [1.82, 2.24) is 0 Å². The van der Waals surface area contributed by atoms with Gasteiger partial charge in [0.1, 0.15) is 0 Å². The van der Waals surface area contributed by atoms with Gasteiger partial charge in [0.15, 0.2) is 0 Å². The van der Waals surface area contributed by atoms with Crippen molar-refractivity contribution in [3.05, 3.63) is 47.8 Å². The van der Waals surface area contributed by atoms with E-state index in [2.05, 4.69) is 18.2 Å². The Morgan fingerprint density at radius 3 is 2.20 bits per heavy atom. The zero-order chi connectivity index (χ0) is 17.7. The second-order valence-corrected chi connectivity index (χ2v) is 7.59. The van der Waals surface area contributed by atoms with Gasteiger partial charge in [-0.25, -0.2) is 4.39 Å². The molecule has 1 fully saturated rings. The molecule has 1 saturated carbocycles. The molecule has 136 valence electrons. The van der Waals surface area contributed by atoms with Gasteiger partial charge in [-0.15, -0.1) is 0 Å². The largest absolute Gasteiger partial charge is 0.216 e. The molecule has 0 spiro atoms. The molecule has 2 heteroatoms. The van der Waals surface area contributed by atoms with Crippen LogP contribution in [-0.2, 0) is 6.42 Å². The lowest BCUT2D eigenvalue weighted by Crippen LogP contribution is -2.15. The van der Waals surface area contributed by atoms with E-state index < -0.39 is 0 Å². The lowest BCUT2D eigenvalue weighted by atomic mass is 9.77. The molecular formula is C23H32FN.